The molecule has 3 heterocycles. The lowest BCUT2D eigenvalue weighted by Gasteiger charge is -2.25. The smallest absolute Gasteiger partial charge is 0.261 e. The van der Waals surface area contributed by atoms with Crippen LogP contribution in [-0.4, -0.2) is 46.9 Å². The van der Waals surface area contributed by atoms with Crippen LogP contribution in [0, 0.1) is 11.8 Å². The Hall–Kier alpha value is -2.55. The molecule has 2 aromatic rings. The standard InChI is InChI=1S/C22H23N3O4S/c26-17(23-11-14-8-9-14)13-25-19(16-7-4-10-30-16)18-20(29-25)22(28)24(21(18)27)12-15-5-2-1-3-6-15/h1-7,10,14,18-20H,8-9,11-13H2,(H,23,26). The Bertz CT molecular complexity index is 945. The zero-order valence-corrected chi connectivity index (χ0v) is 17.2. The summed E-state index contributed by atoms with van der Waals surface area (Å²) in [6.07, 6.45) is 1.43. The fraction of sp³-hybridized carbons (Fsp3) is 0.409. The number of thiophene rings is 1. The average Bonchev–Trinajstić information content (AvgIpc) is 3.20. The number of benzene rings is 1. The Kier molecular flexibility index (Phi) is 5.14. The molecule has 3 amide bonds. The van der Waals surface area contributed by atoms with Crippen LogP contribution in [0.5, 0.6) is 0 Å². The van der Waals surface area contributed by atoms with Crippen LogP contribution in [0.2, 0.25) is 0 Å². The predicted molar refractivity (Wildman–Crippen MR) is 110 cm³/mol. The van der Waals surface area contributed by atoms with Crippen molar-refractivity contribution in [3.8, 4) is 0 Å². The molecule has 1 aromatic heterocycles. The number of nitrogens with one attached hydrogen (secondary N) is 1. The Morgan fingerprint density at radius 1 is 1.10 bits per heavy atom. The minimum Gasteiger partial charge on any atom is -0.355 e. The van der Waals surface area contributed by atoms with E-state index < -0.39 is 18.1 Å². The number of hydroxylamine groups is 2. The van der Waals surface area contributed by atoms with Gasteiger partial charge >= 0.3 is 0 Å². The molecular weight excluding hydrogens is 402 g/mol. The molecule has 5 rings (SSSR count). The van der Waals surface area contributed by atoms with E-state index in [4.69, 9.17) is 4.84 Å². The van der Waals surface area contributed by atoms with Crippen LogP contribution in [0.1, 0.15) is 29.3 Å². The summed E-state index contributed by atoms with van der Waals surface area (Å²) in [6, 6.07) is 12.8. The zero-order chi connectivity index (χ0) is 20.7. The molecule has 3 aliphatic rings. The molecule has 2 aliphatic heterocycles. The minimum absolute atomic E-state index is 0.00152. The van der Waals surface area contributed by atoms with E-state index in [0.717, 1.165) is 23.3 Å². The molecule has 0 radical (unpaired) electrons. The zero-order valence-electron chi connectivity index (χ0n) is 16.4. The molecule has 2 saturated heterocycles. The molecule has 1 aromatic carbocycles. The van der Waals surface area contributed by atoms with Crippen LogP contribution in [0.4, 0.5) is 0 Å². The van der Waals surface area contributed by atoms with Crippen LogP contribution < -0.4 is 5.32 Å². The number of hydrogen-bond acceptors (Lipinski definition) is 6. The molecule has 1 N–H and O–H groups in total. The van der Waals surface area contributed by atoms with E-state index >= 15 is 0 Å². The molecule has 156 valence electrons. The number of likely N-dealkylation sites (tertiary alicyclic amines) is 1. The van der Waals surface area contributed by atoms with E-state index in [9.17, 15) is 14.4 Å². The van der Waals surface area contributed by atoms with Crippen LogP contribution in [0.25, 0.3) is 0 Å². The summed E-state index contributed by atoms with van der Waals surface area (Å²) in [4.78, 5) is 46.9. The van der Waals surface area contributed by atoms with Gasteiger partial charge in [-0.15, -0.1) is 11.3 Å². The van der Waals surface area contributed by atoms with Crippen molar-refractivity contribution in [1.82, 2.24) is 15.3 Å². The first-order chi connectivity index (χ1) is 14.6. The number of carbonyl (C=O) groups is 3. The van der Waals surface area contributed by atoms with Crippen molar-refractivity contribution >= 4 is 29.1 Å². The van der Waals surface area contributed by atoms with Gasteiger partial charge in [0, 0.05) is 11.4 Å². The molecule has 7 nitrogen and oxygen atoms in total. The van der Waals surface area contributed by atoms with Crippen molar-refractivity contribution in [2.45, 2.75) is 31.5 Å². The van der Waals surface area contributed by atoms with E-state index in [1.165, 1.54) is 21.3 Å². The van der Waals surface area contributed by atoms with Gasteiger partial charge in [-0.25, -0.2) is 0 Å². The van der Waals surface area contributed by atoms with Gasteiger partial charge in [0.05, 0.1) is 18.5 Å². The van der Waals surface area contributed by atoms with Gasteiger partial charge < -0.3 is 5.32 Å². The molecule has 1 saturated carbocycles. The lowest BCUT2D eigenvalue weighted by Crippen LogP contribution is -2.41. The third-order valence-corrected chi connectivity index (χ3v) is 6.83. The third-order valence-electron chi connectivity index (χ3n) is 5.89. The third kappa shape index (κ3) is 3.66. The summed E-state index contributed by atoms with van der Waals surface area (Å²) in [5.74, 6) is -0.791. The van der Waals surface area contributed by atoms with Crippen molar-refractivity contribution in [3.05, 3.63) is 58.3 Å². The van der Waals surface area contributed by atoms with Crippen LogP contribution in [0.3, 0.4) is 0 Å². The van der Waals surface area contributed by atoms with Crippen molar-refractivity contribution in [2.24, 2.45) is 11.8 Å². The highest BCUT2D eigenvalue weighted by Crippen LogP contribution is 2.45. The quantitative estimate of drug-likeness (QED) is 0.688. The Balaban J connectivity index is 1.35. The summed E-state index contributed by atoms with van der Waals surface area (Å²) in [5.41, 5.74) is 0.892. The summed E-state index contributed by atoms with van der Waals surface area (Å²) in [6.45, 7) is 0.904. The average molecular weight is 426 g/mol. The van der Waals surface area contributed by atoms with E-state index in [1.54, 1.807) is 0 Å². The maximum atomic E-state index is 13.3. The van der Waals surface area contributed by atoms with Gasteiger partial charge in [0.25, 0.3) is 5.91 Å². The van der Waals surface area contributed by atoms with Crippen molar-refractivity contribution in [1.29, 1.82) is 0 Å². The minimum atomic E-state index is -0.885. The lowest BCUT2D eigenvalue weighted by molar-refractivity contribution is -0.182. The largest absolute Gasteiger partial charge is 0.355 e. The number of rotatable bonds is 7. The maximum absolute atomic E-state index is 13.3. The van der Waals surface area contributed by atoms with Crippen LogP contribution in [0.15, 0.2) is 47.8 Å². The highest BCUT2D eigenvalue weighted by atomic mass is 32.1. The molecule has 30 heavy (non-hydrogen) atoms. The normalized spacial score (nSPS) is 26.3. The monoisotopic (exact) mass is 425 g/mol. The molecule has 8 heteroatoms. The van der Waals surface area contributed by atoms with Gasteiger partial charge in [-0.1, -0.05) is 36.4 Å². The number of imide groups is 1. The van der Waals surface area contributed by atoms with Gasteiger partial charge in [-0.3, -0.25) is 24.1 Å². The van der Waals surface area contributed by atoms with Gasteiger partial charge in [0.2, 0.25) is 11.8 Å². The molecular formula is C22H23N3O4S. The first-order valence-electron chi connectivity index (χ1n) is 10.2. The number of amides is 3. The van der Waals surface area contributed by atoms with Crippen molar-refractivity contribution < 1.29 is 19.2 Å². The summed E-state index contributed by atoms with van der Waals surface area (Å²) < 4.78 is 0. The summed E-state index contributed by atoms with van der Waals surface area (Å²) in [7, 11) is 0. The molecule has 0 bridgehead atoms. The van der Waals surface area contributed by atoms with E-state index in [1.807, 2.05) is 47.8 Å². The fourth-order valence-electron chi connectivity index (χ4n) is 4.14. The van der Waals surface area contributed by atoms with E-state index in [0.29, 0.717) is 12.5 Å². The molecule has 3 atom stereocenters. The second-order valence-electron chi connectivity index (χ2n) is 8.08. The van der Waals surface area contributed by atoms with Crippen molar-refractivity contribution in [3.63, 3.8) is 0 Å². The Labute approximate surface area is 178 Å². The highest BCUT2D eigenvalue weighted by molar-refractivity contribution is 7.10. The molecule has 0 spiro atoms. The number of hydrogen-bond donors (Lipinski definition) is 1. The van der Waals surface area contributed by atoms with Gasteiger partial charge in [-0.2, -0.15) is 5.06 Å². The Morgan fingerprint density at radius 2 is 1.90 bits per heavy atom. The van der Waals surface area contributed by atoms with Gasteiger partial charge in [0.15, 0.2) is 6.10 Å². The highest BCUT2D eigenvalue weighted by Gasteiger charge is 2.59. The molecule has 3 fully saturated rings. The van der Waals surface area contributed by atoms with Crippen molar-refractivity contribution in [2.75, 3.05) is 13.1 Å². The second-order valence-corrected chi connectivity index (χ2v) is 9.06. The fourth-order valence-corrected chi connectivity index (χ4v) is 5.02. The second kappa shape index (κ2) is 7.94. The lowest BCUT2D eigenvalue weighted by atomic mass is 9.95. The number of carbonyl (C=O) groups excluding carboxylic acids is 3. The van der Waals surface area contributed by atoms with E-state index in [-0.39, 0.29) is 30.8 Å². The number of nitrogens with zero attached hydrogens (tertiary/aromatic N) is 2. The summed E-state index contributed by atoms with van der Waals surface area (Å²) >= 11 is 1.50. The first kappa shape index (κ1) is 19.4. The van der Waals surface area contributed by atoms with Gasteiger partial charge in [-0.05, 0) is 35.8 Å². The number of fused-ring (bicyclic) bond motifs is 1. The van der Waals surface area contributed by atoms with Gasteiger partial charge in [0.1, 0.15) is 6.54 Å². The molecule has 1 aliphatic carbocycles. The first-order valence-corrected chi connectivity index (χ1v) is 11.1. The maximum Gasteiger partial charge on any atom is 0.261 e. The van der Waals surface area contributed by atoms with Crippen LogP contribution in [-0.2, 0) is 25.8 Å². The Morgan fingerprint density at radius 3 is 2.60 bits per heavy atom. The summed E-state index contributed by atoms with van der Waals surface area (Å²) in [5, 5.41) is 6.38. The molecule has 3 unspecified atom stereocenters. The topological polar surface area (TPSA) is 79.0 Å². The van der Waals surface area contributed by atoms with Crippen LogP contribution >= 0.6 is 11.3 Å². The predicted octanol–water partition coefficient (Wildman–Crippen LogP) is 2.12. The van der Waals surface area contributed by atoms with E-state index in [2.05, 4.69) is 5.32 Å². The SMILES string of the molecule is O=C(CN1OC2C(=O)N(Cc3ccccc3)C(=O)C2C1c1cccs1)NCC1CC1.